The summed E-state index contributed by atoms with van der Waals surface area (Å²) in [6, 6.07) is 15.7. The number of aliphatic hydroxyl groups is 2. The van der Waals surface area contributed by atoms with Gasteiger partial charge in [-0.1, -0.05) is 44.2 Å². The minimum atomic E-state index is -1.02. The second-order valence-corrected chi connectivity index (χ2v) is 8.82. The SMILES string of the molecule is CC(C)c1c(C=O)c(-c2ccccc2)c(-c2ccc(F)cc2)n1CCC(O)CC(O)CC(N)=O. The molecule has 1 heterocycles. The predicted molar refractivity (Wildman–Crippen MR) is 130 cm³/mol. The van der Waals surface area contributed by atoms with Crippen molar-refractivity contribution in [2.24, 2.45) is 5.73 Å². The van der Waals surface area contributed by atoms with Crippen LogP contribution < -0.4 is 5.73 Å². The fourth-order valence-electron chi connectivity index (χ4n) is 4.46. The Morgan fingerprint density at radius 3 is 2.24 bits per heavy atom. The Labute approximate surface area is 198 Å². The summed E-state index contributed by atoms with van der Waals surface area (Å²) in [6.07, 6.45) is -0.967. The lowest BCUT2D eigenvalue weighted by Gasteiger charge is -2.20. The maximum absolute atomic E-state index is 13.7. The van der Waals surface area contributed by atoms with Gasteiger partial charge < -0.3 is 20.5 Å². The van der Waals surface area contributed by atoms with Crippen LogP contribution in [0.25, 0.3) is 22.4 Å². The fourth-order valence-corrected chi connectivity index (χ4v) is 4.46. The van der Waals surface area contributed by atoms with E-state index in [4.69, 9.17) is 5.73 Å². The van der Waals surface area contributed by atoms with Crippen LogP contribution in [-0.4, -0.2) is 39.2 Å². The molecule has 1 amide bonds. The molecule has 180 valence electrons. The number of nitrogens with two attached hydrogens (primary N) is 1. The van der Waals surface area contributed by atoms with Crippen LogP contribution >= 0.6 is 0 Å². The molecule has 34 heavy (non-hydrogen) atoms. The summed E-state index contributed by atoms with van der Waals surface area (Å²) in [6.45, 7) is 4.35. The maximum atomic E-state index is 13.7. The zero-order valence-electron chi connectivity index (χ0n) is 19.4. The zero-order valence-corrected chi connectivity index (χ0v) is 19.4. The highest BCUT2D eigenvalue weighted by Crippen LogP contribution is 2.41. The van der Waals surface area contributed by atoms with Crippen LogP contribution in [0.1, 0.15) is 55.1 Å². The van der Waals surface area contributed by atoms with Crippen molar-refractivity contribution in [3.8, 4) is 22.4 Å². The highest BCUT2D eigenvalue weighted by Gasteiger charge is 2.26. The molecule has 6 nitrogen and oxygen atoms in total. The molecule has 0 aliphatic heterocycles. The number of rotatable bonds is 11. The average molecular weight is 467 g/mol. The van der Waals surface area contributed by atoms with Crippen LogP contribution in [0.15, 0.2) is 54.6 Å². The fraction of sp³-hybridized carbons (Fsp3) is 0.333. The summed E-state index contributed by atoms with van der Waals surface area (Å²) < 4.78 is 15.7. The number of halogens is 1. The van der Waals surface area contributed by atoms with Gasteiger partial charge in [0.1, 0.15) is 5.82 Å². The molecule has 3 rings (SSSR count). The van der Waals surface area contributed by atoms with Crippen LogP contribution in [0.2, 0.25) is 0 Å². The molecular formula is C27H31FN2O4. The lowest BCUT2D eigenvalue weighted by molar-refractivity contribution is -0.120. The molecule has 1 aromatic heterocycles. The van der Waals surface area contributed by atoms with Crippen molar-refractivity contribution in [1.82, 2.24) is 4.57 Å². The van der Waals surface area contributed by atoms with Gasteiger partial charge in [-0.05, 0) is 54.2 Å². The van der Waals surface area contributed by atoms with E-state index in [9.17, 15) is 24.2 Å². The number of hydrogen-bond acceptors (Lipinski definition) is 4. The maximum Gasteiger partial charge on any atom is 0.220 e. The van der Waals surface area contributed by atoms with Crippen molar-refractivity contribution in [2.75, 3.05) is 0 Å². The Balaban J connectivity index is 2.11. The lowest BCUT2D eigenvalue weighted by atomic mass is 9.96. The van der Waals surface area contributed by atoms with Gasteiger partial charge in [0.05, 0.1) is 24.3 Å². The van der Waals surface area contributed by atoms with Crippen LogP contribution in [0.5, 0.6) is 0 Å². The molecule has 2 aromatic carbocycles. The Kier molecular flexibility index (Phi) is 8.36. The Bertz CT molecular complexity index is 1120. The molecule has 0 saturated carbocycles. The molecule has 0 aliphatic rings. The summed E-state index contributed by atoms with van der Waals surface area (Å²) in [5, 5.41) is 20.5. The second-order valence-electron chi connectivity index (χ2n) is 8.82. The number of primary amides is 1. The summed E-state index contributed by atoms with van der Waals surface area (Å²) in [7, 11) is 0. The third kappa shape index (κ3) is 5.79. The molecule has 3 aromatic rings. The molecule has 0 spiro atoms. The molecule has 7 heteroatoms. The van der Waals surface area contributed by atoms with Gasteiger partial charge in [0, 0.05) is 23.4 Å². The van der Waals surface area contributed by atoms with E-state index in [2.05, 4.69) is 0 Å². The summed E-state index contributed by atoms with van der Waals surface area (Å²) in [4.78, 5) is 23.4. The van der Waals surface area contributed by atoms with E-state index < -0.39 is 18.1 Å². The van der Waals surface area contributed by atoms with E-state index in [1.165, 1.54) is 12.1 Å². The number of carbonyl (C=O) groups excluding carboxylic acids is 2. The first-order valence-electron chi connectivity index (χ1n) is 11.4. The zero-order chi connectivity index (χ0) is 24.8. The minimum absolute atomic E-state index is 0.00513. The molecular weight excluding hydrogens is 435 g/mol. The molecule has 0 bridgehead atoms. The van der Waals surface area contributed by atoms with Crippen LogP contribution in [0.3, 0.4) is 0 Å². The second kappa shape index (κ2) is 11.2. The normalized spacial score (nSPS) is 13.1. The summed E-state index contributed by atoms with van der Waals surface area (Å²) >= 11 is 0. The Morgan fingerprint density at radius 2 is 1.68 bits per heavy atom. The lowest BCUT2D eigenvalue weighted by Crippen LogP contribution is -2.25. The summed E-state index contributed by atoms with van der Waals surface area (Å²) in [5.74, 6) is -0.995. The number of carbonyl (C=O) groups is 2. The highest BCUT2D eigenvalue weighted by molar-refractivity contribution is 5.97. The van der Waals surface area contributed by atoms with Crippen molar-refractivity contribution in [2.45, 2.75) is 57.8 Å². The molecule has 0 saturated heterocycles. The van der Waals surface area contributed by atoms with Gasteiger partial charge in [-0.3, -0.25) is 9.59 Å². The van der Waals surface area contributed by atoms with Crippen molar-refractivity contribution >= 4 is 12.2 Å². The molecule has 2 unspecified atom stereocenters. The minimum Gasteiger partial charge on any atom is -0.393 e. The molecule has 0 radical (unpaired) electrons. The number of amides is 1. The monoisotopic (exact) mass is 466 g/mol. The first kappa shape index (κ1) is 25.3. The van der Waals surface area contributed by atoms with E-state index >= 15 is 0 Å². The number of aldehydes is 1. The highest BCUT2D eigenvalue weighted by atomic mass is 19.1. The topological polar surface area (TPSA) is 106 Å². The van der Waals surface area contributed by atoms with Crippen molar-refractivity contribution in [3.63, 3.8) is 0 Å². The van der Waals surface area contributed by atoms with E-state index in [-0.39, 0.29) is 31.0 Å². The average Bonchev–Trinajstić information content (AvgIpc) is 3.12. The van der Waals surface area contributed by atoms with Crippen LogP contribution in [-0.2, 0) is 11.3 Å². The smallest absolute Gasteiger partial charge is 0.220 e. The van der Waals surface area contributed by atoms with E-state index in [0.717, 1.165) is 34.4 Å². The molecule has 2 atom stereocenters. The number of benzene rings is 2. The van der Waals surface area contributed by atoms with E-state index in [1.54, 1.807) is 12.1 Å². The number of aliphatic hydroxyl groups excluding tert-OH is 2. The van der Waals surface area contributed by atoms with Gasteiger partial charge in [0.25, 0.3) is 0 Å². The largest absolute Gasteiger partial charge is 0.393 e. The first-order valence-corrected chi connectivity index (χ1v) is 11.4. The van der Waals surface area contributed by atoms with Crippen LogP contribution in [0.4, 0.5) is 4.39 Å². The van der Waals surface area contributed by atoms with Gasteiger partial charge >= 0.3 is 0 Å². The van der Waals surface area contributed by atoms with Gasteiger partial charge in [0.15, 0.2) is 6.29 Å². The van der Waals surface area contributed by atoms with Crippen molar-refractivity contribution in [3.05, 3.63) is 71.7 Å². The predicted octanol–water partition coefficient (Wildman–Crippen LogP) is 4.27. The van der Waals surface area contributed by atoms with Gasteiger partial charge in [-0.15, -0.1) is 0 Å². The van der Waals surface area contributed by atoms with Gasteiger partial charge in [-0.25, -0.2) is 4.39 Å². The Hall–Kier alpha value is -3.29. The van der Waals surface area contributed by atoms with Gasteiger partial charge in [-0.2, -0.15) is 0 Å². The number of hydrogen-bond donors (Lipinski definition) is 3. The van der Waals surface area contributed by atoms with Crippen molar-refractivity contribution in [1.29, 1.82) is 0 Å². The molecule has 0 aliphatic carbocycles. The van der Waals surface area contributed by atoms with E-state index in [1.807, 2.05) is 48.7 Å². The van der Waals surface area contributed by atoms with Crippen molar-refractivity contribution < 1.29 is 24.2 Å². The standard InChI is InChI=1S/C27H31FN2O4/c1-17(2)26-23(16-31)25(18-6-4-3-5-7-18)27(19-8-10-20(28)11-9-19)30(26)13-12-21(32)14-22(33)15-24(29)34/h3-11,16-17,21-22,32-33H,12-15H2,1-2H3,(H2,29,34). The van der Waals surface area contributed by atoms with E-state index in [0.29, 0.717) is 12.1 Å². The quantitative estimate of drug-likeness (QED) is 0.367. The summed E-state index contributed by atoms with van der Waals surface area (Å²) in [5.41, 5.74) is 9.64. The number of aromatic nitrogens is 1. The third-order valence-electron chi connectivity index (χ3n) is 5.85. The molecule has 4 N–H and O–H groups in total. The van der Waals surface area contributed by atoms with Gasteiger partial charge in [0.2, 0.25) is 5.91 Å². The molecule has 0 fully saturated rings. The number of nitrogens with zero attached hydrogens (tertiary/aromatic N) is 1. The third-order valence-corrected chi connectivity index (χ3v) is 5.85. The Morgan fingerprint density at radius 1 is 1.03 bits per heavy atom. The van der Waals surface area contributed by atoms with Crippen LogP contribution in [0, 0.1) is 5.82 Å². The first-order chi connectivity index (χ1) is 16.2.